The average molecular weight is 289 g/mol. The van der Waals surface area contributed by atoms with E-state index in [-0.39, 0.29) is 18.0 Å². The van der Waals surface area contributed by atoms with E-state index in [0.717, 1.165) is 12.1 Å². The second-order valence-electron chi connectivity index (χ2n) is 4.46. The van der Waals surface area contributed by atoms with Crippen molar-refractivity contribution in [2.45, 2.75) is 31.5 Å². The highest BCUT2D eigenvalue weighted by Crippen LogP contribution is 2.37. The Morgan fingerprint density at radius 1 is 1.35 bits per heavy atom. The van der Waals surface area contributed by atoms with Gasteiger partial charge in [-0.2, -0.15) is 13.2 Å². The number of ether oxygens (including phenoxy) is 1. The Labute approximate surface area is 111 Å². The molecule has 0 bridgehead atoms. The lowest BCUT2D eigenvalue weighted by Gasteiger charge is -2.13. The molecule has 108 valence electrons. The van der Waals surface area contributed by atoms with Gasteiger partial charge in [0.15, 0.2) is 5.75 Å². The van der Waals surface area contributed by atoms with E-state index in [9.17, 15) is 28.1 Å². The third kappa shape index (κ3) is 3.06. The number of nitro groups is 1. The van der Waals surface area contributed by atoms with Gasteiger partial charge in [-0.25, -0.2) is 0 Å². The Hall–Kier alpha value is -2.12. The van der Waals surface area contributed by atoms with E-state index in [0.29, 0.717) is 18.9 Å². The molecule has 0 aliphatic heterocycles. The lowest BCUT2D eigenvalue weighted by atomic mass is 10.2. The first kappa shape index (κ1) is 14.3. The van der Waals surface area contributed by atoms with Crippen LogP contribution in [0.25, 0.3) is 0 Å². The molecule has 1 unspecified atom stereocenters. The summed E-state index contributed by atoms with van der Waals surface area (Å²) in [5.41, 5.74) is -1.86. The van der Waals surface area contributed by atoms with Crippen molar-refractivity contribution in [3.8, 4) is 5.75 Å². The summed E-state index contributed by atoms with van der Waals surface area (Å²) >= 11 is 0. The van der Waals surface area contributed by atoms with Crippen LogP contribution in [0, 0.1) is 10.1 Å². The molecule has 0 aromatic heterocycles. The number of halogens is 3. The summed E-state index contributed by atoms with van der Waals surface area (Å²) in [6.07, 6.45) is -4.32. The molecule has 0 heterocycles. The van der Waals surface area contributed by atoms with Crippen molar-refractivity contribution in [3.63, 3.8) is 0 Å². The molecule has 0 amide bonds. The van der Waals surface area contributed by atoms with Gasteiger partial charge in [0.2, 0.25) is 0 Å². The third-order valence-corrected chi connectivity index (χ3v) is 2.98. The zero-order chi connectivity index (χ0) is 14.9. The molecule has 1 aromatic rings. The van der Waals surface area contributed by atoms with Gasteiger partial charge in [-0.1, -0.05) is 0 Å². The molecule has 1 atom stereocenters. The lowest BCUT2D eigenvalue weighted by Crippen LogP contribution is -2.14. The van der Waals surface area contributed by atoms with Gasteiger partial charge in [0.1, 0.15) is 11.9 Å². The molecule has 1 fully saturated rings. The van der Waals surface area contributed by atoms with E-state index >= 15 is 0 Å². The number of nitro benzene ring substituents is 1. The number of rotatable bonds is 3. The van der Waals surface area contributed by atoms with Crippen molar-refractivity contribution in [2.75, 3.05) is 0 Å². The first-order valence-electron chi connectivity index (χ1n) is 5.81. The van der Waals surface area contributed by atoms with E-state index < -0.39 is 28.5 Å². The first-order valence-corrected chi connectivity index (χ1v) is 5.81. The minimum absolute atomic E-state index is 0.0236. The Morgan fingerprint density at radius 2 is 2.05 bits per heavy atom. The predicted octanol–water partition coefficient (Wildman–Crippen LogP) is 3.11. The summed E-state index contributed by atoms with van der Waals surface area (Å²) in [5.74, 6) is -0.271. The number of nitrogens with zero attached hydrogens (tertiary/aromatic N) is 1. The maximum absolute atomic E-state index is 12.5. The monoisotopic (exact) mass is 289 g/mol. The topological polar surface area (TPSA) is 69.4 Å². The fraction of sp³-hybridized carbons (Fsp3) is 0.417. The van der Waals surface area contributed by atoms with Crippen LogP contribution in [0.5, 0.6) is 5.75 Å². The van der Waals surface area contributed by atoms with Crippen LogP contribution < -0.4 is 4.74 Å². The molecule has 20 heavy (non-hydrogen) atoms. The summed E-state index contributed by atoms with van der Waals surface area (Å²) in [7, 11) is 0. The Bertz CT molecular complexity index is 556. The zero-order valence-corrected chi connectivity index (χ0v) is 10.1. The molecule has 1 aliphatic carbocycles. The molecule has 1 aliphatic rings. The van der Waals surface area contributed by atoms with Gasteiger partial charge in [0.05, 0.1) is 10.5 Å². The van der Waals surface area contributed by atoms with Gasteiger partial charge >= 0.3 is 11.9 Å². The summed E-state index contributed by atoms with van der Waals surface area (Å²) in [4.78, 5) is 21.0. The van der Waals surface area contributed by atoms with E-state index in [1.807, 2.05) is 0 Å². The van der Waals surface area contributed by atoms with Crippen molar-refractivity contribution < 1.29 is 27.6 Å². The number of ketones is 1. The number of alkyl halides is 3. The molecule has 1 saturated carbocycles. The third-order valence-electron chi connectivity index (χ3n) is 2.98. The highest BCUT2D eigenvalue weighted by atomic mass is 19.4. The number of benzene rings is 1. The summed E-state index contributed by atoms with van der Waals surface area (Å²) in [6, 6.07) is 2.08. The molecule has 2 rings (SSSR count). The number of hydrogen-bond acceptors (Lipinski definition) is 4. The van der Waals surface area contributed by atoms with Crippen LogP contribution in [0.1, 0.15) is 24.8 Å². The Morgan fingerprint density at radius 3 is 2.55 bits per heavy atom. The van der Waals surface area contributed by atoms with Crippen LogP contribution in [0.3, 0.4) is 0 Å². The summed E-state index contributed by atoms with van der Waals surface area (Å²) in [5, 5.41) is 10.8. The number of carbonyl (C=O) groups is 1. The van der Waals surface area contributed by atoms with Crippen LogP contribution in [-0.2, 0) is 11.0 Å². The Kier molecular flexibility index (Phi) is 3.65. The van der Waals surface area contributed by atoms with Crippen LogP contribution in [0.4, 0.5) is 18.9 Å². The molecule has 0 saturated heterocycles. The van der Waals surface area contributed by atoms with Crippen molar-refractivity contribution in [1.82, 2.24) is 0 Å². The number of Topliss-reactive ketones (excluding diaryl/α,β-unsaturated/α-hetero) is 1. The van der Waals surface area contributed by atoms with Gasteiger partial charge in [0, 0.05) is 18.9 Å². The van der Waals surface area contributed by atoms with Gasteiger partial charge in [-0.3, -0.25) is 14.9 Å². The largest absolute Gasteiger partial charge is 0.483 e. The summed E-state index contributed by atoms with van der Waals surface area (Å²) < 4.78 is 42.8. The van der Waals surface area contributed by atoms with Crippen molar-refractivity contribution in [3.05, 3.63) is 33.9 Å². The molecule has 0 radical (unpaired) electrons. The molecule has 5 nitrogen and oxygen atoms in total. The predicted molar refractivity (Wildman–Crippen MR) is 61.4 cm³/mol. The molecular formula is C12H10F3NO4. The summed E-state index contributed by atoms with van der Waals surface area (Å²) in [6.45, 7) is 0. The maximum Gasteiger partial charge on any atom is 0.416 e. The second kappa shape index (κ2) is 5.10. The van der Waals surface area contributed by atoms with Gasteiger partial charge < -0.3 is 4.74 Å². The van der Waals surface area contributed by atoms with Gasteiger partial charge in [0.25, 0.3) is 0 Å². The first-order chi connectivity index (χ1) is 9.27. The minimum Gasteiger partial charge on any atom is -0.483 e. The molecule has 1 aromatic carbocycles. The minimum atomic E-state index is -4.66. The lowest BCUT2D eigenvalue weighted by molar-refractivity contribution is -0.386. The van der Waals surface area contributed by atoms with Crippen LogP contribution in [0.15, 0.2) is 18.2 Å². The fourth-order valence-electron chi connectivity index (χ4n) is 2.00. The van der Waals surface area contributed by atoms with Crippen molar-refractivity contribution in [1.29, 1.82) is 0 Å². The normalized spacial score (nSPS) is 19.1. The van der Waals surface area contributed by atoms with Crippen molar-refractivity contribution in [2.24, 2.45) is 0 Å². The highest BCUT2D eigenvalue weighted by Gasteiger charge is 2.34. The standard InChI is InChI=1S/C12H10F3NO4/c13-12(14,15)7-1-4-11(10(5-7)16(18)19)20-9-3-2-8(17)6-9/h1,4-5,9H,2-3,6H2. The molecule has 8 heteroatoms. The van der Waals surface area contributed by atoms with Crippen LogP contribution >= 0.6 is 0 Å². The number of hydrogen-bond donors (Lipinski definition) is 0. The second-order valence-corrected chi connectivity index (χ2v) is 4.46. The molecule has 0 spiro atoms. The van der Waals surface area contributed by atoms with Gasteiger partial charge in [-0.05, 0) is 18.6 Å². The smallest absolute Gasteiger partial charge is 0.416 e. The van der Waals surface area contributed by atoms with E-state index in [4.69, 9.17) is 4.74 Å². The van der Waals surface area contributed by atoms with Crippen LogP contribution in [-0.4, -0.2) is 16.8 Å². The fourth-order valence-corrected chi connectivity index (χ4v) is 2.00. The Balaban J connectivity index is 2.28. The zero-order valence-electron chi connectivity index (χ0n) is 10.1. The van der Waals surface area contributed by atoms with E-state index in [1.54, 1.807) is 0 Å². The van der Waals surface area contributed by atoms with E-state index in [1.165, 1.54) is 0 Å². The SMILES string of the molecule is O=C1CCC(Oc2ccc(C(F)(F)F)cc2[N+](=O)[O-])C1. The average Bonchev–Trinajstić information content (AvgIpc) is 2.73. The quantitative estimate of drug-likeness (QED) is 0.633. The molecular weight excluding hydrogens is 279 g/mol. The molecule has 0 N–H and O–H groups in total. The van der Waals surface area contributed by atoms with Gasteiger partial charge in [-0.15, -0.1) is 0 Å². The number of carbonyl (C=O) groups excluding carboxylic acids is 1. The van der Waals surface area contributed by atoms with E-state index in [2.05, 4.69) is 0 Å². The van der Waals surface area contributed by atoms with Crippen LogP contribution in [0.2, 0.25) is 0 Å². The van der Waals surface area contributed by atoms with Crippen molar-refractivity contribution >= 4 is 11.5 Å². The maximum atomic E-state index is 12.5. The highest BCUT2D eigenvalue weighted by molar-refractivity contribution is 5.81.